The SMILES string of the molecule is COC1CN(S(=O)(=O)c2cccc3cc(C)cnc23)C1. The Morgan fingerprint density at radius 2 is 2.10 bits per heavy atom. The molecule has 106 valence electrons. The third-order valence-electron chi connectivity index (χ3n) is 3.58. The van der Waals surface area contributed by atoms with Crippen molar-refractivity contribution in [1.82, 2.24) is 9.29 Å². The van der Waals surface area contributed by atoms with E-state index in [1.54, 1.807) is 25.4 Å². The fourth-order valence-corrected chi connectivity index (χ4v) is 4.00. The Labute approximate surface area is 118 Å². The molecule has 2 heterocycles. The molecule has 0 aliphatic carbocycles. The summed E-state index contributed by atoms with van der Waals surface area (Å²) in [6.45, 7) is 2.74. The molecule has 1 fully saturated rings. The van der Waals surface area contributed by atoms with Crippen LogP contribution in [0.5, 0.6) is 0 Å². The summed E-state index contributed by atoms with van der Waals surface area (Å²) in [5, 5.41) is 0.842. The van der Waals surface area contributed by atoms with Crippen LogP contribution in [0.2, 0.25) is 0 Å². The lowest BCUT2D eigenvalue weighted by molar-refractivity contribution is 0.0125. The molecule has 0 saturated carbocycles. The highest BCUT2D eigenvalue weighted by atomic mass is 32.2. The van der Waals surface area contributed by atoms with Gasteiger partial charge in [0.25, 0.3) is 0 Å². The van der Waals surface area contributed by atoms with Gasteiger partial charge < -0.3 is 4.74 Å². The number of hydrogen-bond donors (Lipinski definition) is 0. The molecule has 0 amide bonds. The monoisotopic (exact) mass is 292 g/mol. The number of sulfonamides is 1. The molecule has 1 saturated heterocycles. The van der Waals surface area contributed by atoms with Gasteiger partial charge in [0.05, 0.1) is 11.6 Å². The average Bonchev–Trinajstić information content (AvgIpc) is 2.36. The zero-order chi connectivity index (χ0) is 14.3. The third kappa shape index (κ3) is 2.09. The number of para-hydroxylation sites is 1. The van der Waals surface area contributed by atoms with Crippen molar-refractivity contribution < 1.29 is 13.2 Å². The highest BCUT2D eigenvalue weighted by Crippen LogP contribution is 2.28. The Morgan fingerprint density at radius 1 is 1.35 bits per heavy atom. The maximum absolute atomic E-state index is 12.6. The van der Waals surface area contributed by atoms with Crippen LogP contribution in [0, 0.1) is 6.92 Å². The van der Waals surface area contributed by atoms with E-state index in [4.69, 9.17) is 4.74 Å². The smallest absolute Gasteiger partial charge is 0.245 e. The first-order valence-corrected chi connectivity index (χ1v) is 7.84. The summed E-state index contributed by atoms with van der Waals surface area (Å²) in [5.74, 6) is 0. The van der Waals surface area contributed by atoms with E-state index in [-0.39, 0.29) is 11.0 Å². The van der Waals surface area contributed by atoms with Gasteiger partial charge in [-0.25, -0.2) is 8.42 Å². The molecule has 0 unspecified atom stereocenters. The van der Waals surface area contributed by atoms with E-state index >= 15 is 0 Å². The molecule has 1 aromatic carbocycles. The van der Waals surface area contributed by atoms with Gasteiger partial charge in [-0.3, -0.25) is 4.98 Å². The summed E-state index contributed by atoms with van der Waals surface area (Å²) in [4.78, 5) is 4.56. The van der Waals surface area contributed by atoms with Crippen LogP contribution in [0.25, 0.3) is 10.9 Å². The first-order valence-electron chi connectivity index (χ1n) is 6.40. The number of hydrogen-bond acceptors (Lipinski definition) is 4. The van der Waals surface area contributed by atoms with E-state index in [2.05, 4.69) is 4.98 Å². The Hall–Kier alpha value is -1.50. The first-order chi connectivity index (χ1) is 9.52. The van der Waals surface area contributed by atoms with Gasteiger partial charge >= 0.3 is 0 Å². The molecule has 0 spiro atoms. The second-order valence-corrected chi connectivity index (χ2v) is 6.93. The number of rotatable bonds is 3. The number of pyridine rings is 1. The van der Waals surface area contributed by atoms with E-state index in [9.17, 15) is 8.42 Å². The maximum Gasteiger partial charge on any atom is 0.245 e. The number of ether oxygens (including phenoxy) is 1. The normalized spacial score (nSPS) is 17.3. The summed E-state index contributed by atoms with van der Waals surface area (Å²) >= 11 is 0. The molecule has 0 bridgehead atoms. The van der Waals surface area contributed by atoms with Crippen LogP contribution in [0.4, 0.5) is 0 Å². The van der Waals surface area contributed by atoms with Gasteiger partial charge in [0.2, 0.25) is 10.0 Å². The molecule has 1 aliphatic rings. The fraction of sp³-hybridized carbons (Fsp3) is 0.357. The van der Waals surface area contributed by atoms with E-state index in [1.165, 1.54) is 4.31 Å². The van der Waals surface area contributed by atoms with Gasteiger partial charge in [0, 0.05) is 31.8 Å². The second-order valence-electron chi connectivity index (χ2n) is 5.02. The minimum Gasteiger partial charge on any atom is -0.379 e. The molecule has 2 aromatic rings. The zero-order valence-corrected chi connectivity index (χ0v) is 12.2. The average molecular weight is 292 g/mol. The van der Waals surface area contributed by atoms with Crippen molar-refractivity contribution in [3.63, 3.8) is 0 Å². The van der Waals surface area contributed by atoms with Crippen LogP contribution >= 0.6 is 0 Å². The number of nitrogens with zero attached hydrogens (tertiary/aromatic N) is 2. The molecule has 1 aromatic heterocycles. The molecule has 3 rings (SSSR count). The van der Waals surface area contributed by atoms with E-state index in [0.29, 0.717) is 18.6 Å². The molecular weight excluding hydrogens is 276 g/mol. The lowest BCUT2D eigenvalue weighted by Gasteiger charge is -2.36. The number of aryl methyl sites for hydroxylation is 1. The van der Waals surface area contributed by atoms with E-state index < -0.39 is 10.0 Å². The van der Waals surface area contributed by atoms with Crippen molar-refractivity contribution in [1.29, 1.82) is 0 Å². The largest absolute Gasteiger partial charge is 0.379 e. The van der Waals surface area contributed by atoms with Crippen molar-refractivity contribution in [3.05, 3.63) is 36.0 Å². The molecule has 20 heavy (non-hydrogen) atoms. The quantitative estimate of drug-likeness (QED) is 0.861. The molecule has 0 N–H and O–H groups in total. The van der Waals surface area contributed by atoms with Gasteiger partial charge in [0.15, 0.2) is 0 Å². The highest BCUT2D eigenvalue weighted by Gasteiger charge is 2.37. The molecule has 0 atom stereocenters. The zero-order valence-electron chi connectivity index (χ0n) is 11.4. The Bertz CT molecular complexity index is 752. The van der Waals surface area contributed by atoms with Gasteiger partial charge in [-0.1, -0.05) is 12.1 Å². The highest BCUT2D eigenvalue weighted by molar-refractivity contribution is 7.89. The number of methoxy groups -OCH3 is 1. The van der Waals surface area contributed by atoms with Crippen molar-refractivity contribution in [2.24, 2.45) is 0 Å². The number of benzene rings is 1. The predicted molar refractivity (Wildman–Crippen MR) is 76.0 cm³/mol. The third-order valence-corrected chi connectivity index (χ3v) is 5.44. The Morgan fingerprint density at radius 3 is 2.80 bits per heavy atom. The standard InChI is InChI=1S/C14H16N2O3S/c1-10-6-11-4-3-5-13(14(11)15-7-10)20(17,18)16-8-12(9-16)19-2/h3-7,12H,8-9H2,1-2H3. The minimum absolute atomic E-state index is 0.00467. The van der Waals surface area contributed by atoms with Crippen molar-refractivity contribution in [3.8, 4) is 0 Å². The summed E-state index contributed by atoms with van der Waals surface area (Å²) in [7, 11) is -1.90. The van der Waals surface area contributed by atoms with Gasteiger partial charge in [-0.15, -0.1) is 0 Å². The predicted octanol–water partition coefficient (Wildman–Crippen LogP) is 1.56. The van der Waals surface area contributed by atoms with Crippen LogP contribution in [-0.4, -0.2) is 44.0 Å². The van der Waals surface area contributed by atoms with Gasteiger partial charge in [-0.05, 0) is 24.6 Å². The molecule has 5 nitrogen and oxygen atoms in total. The minimum atomic E-state index is -3.49. The van der Waals surface area contributed by atoms with Crippen LogP contribution in [0.3, 0.4) is 0 Å². The topological polar surface area (TPSA) is 59.5 Å². The van der Waals surface area contributed by atoms with Crippen molar-refractivity contribution >= 4 is 20.9 Å². The Kier molecular flexibility index (Phi) is 3.24. The van der Waals surface area contributed by atoms with Crippen molar-refractivity contribution in [2.75, 3.05) is 20.2 Å². The first kappa shape index (κ1) is 13.5. The van der Waals surface area contributed by atoms with Gasteiger partial charge in [0.1, 0.15) is 4.90 Å². The Balaban J connectivity index is 2.06. The number of aromatic nitrogens is 1. The molecule has 1 aliphatic heterocycles. The second kappa shape index (κ2) is 4.80. The fourth-order valence-electron chi connectivity index (χ4n) is 2.34. The van der Waals surface area contributed by atoms with E-state index in [1.807, 2.05) is 19.1 Å². The summed E-state index contributed by atoms with van der Waals surface area (Å²) in [5.41, 5.74) is 1.54. The van der Waals surface area contributed by atoms with Crippen LogP contribution in [-0.2, 0) is 14.8 Å². The number of fused-ring (bicyclic) bond motifs is 1. The lowest BCUT2D eigenvalue weighted by Crippen LogP contribution is -2.54. The maximum atomic E-state index is 12.6. The van der Waals surface area contributed by atoms with E-state index in [0.717, 1.165) is 10.9 Å². The molecular formula is C14H16N2O3S. The van der Waals surface area contributed by atoms with Crippen LogP contribution in [0.1, 0.15) is 5.56 Å². The van der Waals surface area contributed by atoms with Crippen LogP contribution < -0.4 is 0 Å². The van der Waals surface area contributed by atoms with Crippen LogP contribution in [0.15, 0.2) is 35.4 Å². The molecule has 6 heteroatoms. The summed E-state index contributed by atoms with van der Waals surface area (Å²) in [6, 6.07) is 7.18. The summed E-state index contributed by atoms with van der Waals surface area (Å²) < 4.78 is 31.8. The molecule has 0 radical (unpaired) electrons. The summed E-state index contributed by atoms with van der Waals surface area (Å²) in [6.07, 6.45) is 1.69. The van der Waals surface area contributed by atoms with Gasteiger partial charge in [-0.2, -0.15) is 4.31 Å². The lowest BCUT2D eigenvalue weighted by atomic mass is 10.2. The van der Waals surface area contributed by atoms with Crippen molar-refractivity contribution in [2.45, 2.75) is 17.9 Å².